The number of nitrogens with one attached hydrogen (secondary N) is 3. The minimum Gasteiger partial charge on any atom is -0.479 e. The third kappa shape index (κ3) is 4.91. The van der Waals surface area contributed by atoms with E-state index in [-0.39, 0.29) is 0 Å². The van der Waals surface area contributed by atoms with Crippen LogP contribution >= 0.6 is 0 Å². The van der Waals surface area contributed by atoms with Crippen molar-refractivity contribution in [1.29, 1.82) is 0 Å². The van der Waals surface area contributed by atoms with Gasteiger partial charge in [0.05, 0.1) is 0 Å². The van der Waals surface area contributed by atoms with Crippen molar-refractivity contribution in [2.75, 3.05) is 13.2 Å². The van der Waals surface area contributed by atoms with Crippen LogP contribution in [0.25, 0.3) is 0 Å². The van der Waals surface area contributed by atoms with Crippen LogP contribution < -0.4 is 10.8 Å². The van der Waals surface area contributed by atoms with Crippen molar-refractivity contribution in [2.24, 2.45) is 0 Å². The van der Waals surface area contributed by atoms with Gasteiger partial charge in [-0.1, -0.05) is 0 Å². The molecule has 88 valence electrons. The topological polar surface area (TPSA) is 129 Å². The molecular formula is C7H11N5O4. The largest absolute Gasteiger partial charge is 0.479 e. The third-order valence-corrected chi connectivity index (χ3v) is 1.47. The standard InChI is InChI=1S/C7H11N5O4/c13-6(14)3-16-12-7(15)8-2-1-5-9-4-10-11-5/h4H,1-3H2,(H,13,14)(H2,8,12,15)(H,9,10,11). The second-order valence-electron chi connectivity index (χ2n) is 2.72. The number of rotatable bonds is 6. The summed E-state index contributed by atoms with van der Waals surface area (Å²) in [4.78, 5) is 29.2. The van der Waals surface area contributed by atoms with E-state index < -0.39 is 18.6 Å². The lowest BCUT2D eigenvalue weighted by atomic mass is 10.4. The summed E-state index contributed by atoms with van der Waals surface area (Å²) in [7, 11) is 0. The molecule has 16 heavy (non-hydrogen) atoms. The molecule has 0 fully saturated rings. The van der Waals surface area contributed by atoms with Gasteiger partial charge in [0.2, 0.25) is 0 Å². The van der Waals surface area contributed by atoms with Crippen LogP contribution in [0.2, 0.25) is 0 Å². The maximum absolute atomic E-state index is 11.0. The van der Waals surface area contributed by atoms with Crippen LogP contribution in [-0.4, -0.2) is 45.4 Å². The van der Waals surface area contributed by atoms with Crippen molar-refractivity contribution >= 4 is 12.0 Å². The number of aromatic amines is 1. The number of carboxylic acids is 1. The SMILES string of the molecule is O=C(O)CONC(=O)NCCc1ncn[nH]1. The predicted molar refractivity (Wildman–Crippen MR) is 50.2 cm³/mol. The molecular weight excluding hydrogens is 218 g/mol. The molecule has 0 bridgehead atoms. The molecule has 0 spiro atoms. The summed E-state index contributed by atoms with van der Waals surface area (Å²) in [6.45, 7) is -0.257. The first kappa shape index (κ1) is 11.9. The molecule has 1 aromatic rings. The summed E-state index contributed by atoms with van der Waals surface area (Å²) >= 11 is 0. The van der Waals surface area contributed by atoms with Crippen LogP contribution in [0, 0.1) is 0 Å². The number of aliphatic carboxylic acids is 1. The molecule has 0 atom stereocenters. The first-order valence-electron chi connectivity index (χ1n) is 4.40. The molecule has 1 heterocycles. The molecule has 0 radical (unpaired) electrons. The van der Waals surface area contributed by atoms with E-state index in [0.29, 0.717) is 18.8 Å². The van der Waals surface area contributed by atoms with E-state index in [1.807, 2.05) is 5.48 Å². The van der Waals surface area contributed by atoms with Crippen LogP contribution in [0.4, 0.5) is 4.79 Å². The fraction of sp³-hybridized carbons (Fsp3) is 0.429. The summed E-state index contributed by atoms with van der Waals surface area (Å²) in [5.41, 5.74) is 1.92. The van der Waals surface area contributed by atoms with E-state index in [9.17, 15) is 9.59 Å². The molecule has 0 aliphatic rings. The van der Waals surface area contributed by atoms with E-state index in [1.165, 1.54) is 6.33 Å². The molecule has 1 aromatic heterocycles. The van der Waals surface area contributed by atoms with Gasteiger partial charge in [0.15, 0.2) is 6.61 Å². The first-order valence-corrected chi connectivity index (χ1v) is 4.40. The summed E-state index contributed by atoms with van der Waals surface area (Å²) in [6, 6.07) is -0.610. The Morgan fingerprint density at radius 2 is 2.38 bits per heavy atom. The Labute approximate surface area is 90.2 Å². The van der Waals surface area contributed by atoms with Crippen molar-refractivity contribution in [3.8, 4) is 0 Å². The van der Waals surface area contributed by atoms with Crippen molar-refractivity contribution in [2.45, 2.75) is 6.42 Å². The Morgan fingerprint density at radius 3 is 3.00 bits per heavy atom. The van der Waals surface area contributed by atoms with Crippen molar-refractivity contribution in [3.05, 3.63) is 12.2 Å². The summed E-state index contributed by atoms with van der Waals surface area (Å²) in [5, 5.41) is 16.9. The average molecular weight is 229 g/mol. The van der Waals surface area contributed by atoms with Crippen LogP contribution in [0.5, 0.6) is 0 Å². The number of hydrogen-bond donors (Lipinski definition) is 4. The maximum atomic E-state index is 11.0. The lowest BCUT2D eigenvalue weighted by molar-refractivity contribution is -0.144. The Balaban J connectivity index is 2.04. The zero-order valence-electron chi connectivity index (χ0n) is 8.27. The molecule has 1 rings (SSSR count). The van der Waals surface area contributed by atoms with Gasteiger partial charge < -0.3 is 10.4 Å². The summed E-state index contributed by atoms with van der Waals surface area (Å²) in [5.74, 6) is -0.520. The third-order valence-electron chi connectivity index (χ3n) is 1.47. The maximum Gasteiger partial charge on any atom is 0.338 e. The fourth-order valence-electron chi connectivity index (χ4n) is 0.845. The van der Waals surface area contributed by atoms with Gasteiger partial charge in [-0.15, -0.1) is 0 Å². The van der Waals surface area contributed by atoms with Gasteiger partial charge in [0.25, 0.3) is 0 Å². The molecule has 0 unspecified atom stereocenters. The Kier molecular flexibility index (Phi) is 4.73. The number of carbonyl (C=O) groups is 2. The minimum absolute atomic E-state index is 0.331. The highest BCUT2D eigenvalue weighted by Gasteiger charge is 2.02. The van der Waals surface area contributed by atoms with Crippen LogP contribution in [0.3, 0.4) is 0 Å². The highest BCUT2D eigenvalue weighted by molar-refractivity contribution is 5.73. The minimum atomic E-state index is -1.16. The summed E-state index contributed by atoms with van der Waals surface area (Å²) in [6.07, 6.45) is 1.86. The van der Waals surface area contributed by atoms with Crippen molar-refractivity contribution in [3.63, 3.8) is 0 Å². The van der Waals surface area contributed by atoms with E-state index in [1.54, 1.807) is 0 Å². The first-order chi connectivity index (χ1) is 7.68. The number of H-pyrrole nitrogens is 1. The molecule has 4 N–H and O–H groups in total. The smallest absolute Gasteiger partial charge is 0.338 e. The molecule has 0 saturated heterocycles. The average Bonchev–Trinajstić information content (AvgIpc) is 2.70. The fourth-order valence-corrected chi connectivity index (χ4v) is 0.845. The van der Waals surface area contributed by atoms with Crippen LogP contribution in [-0.2, 0) is 16.1 Å². The van der Waals surface area contributed by atoms with Gasteiger partial charge in [0.1, 0.15) is 12.2 Å². The lowest BCUT2D eigenvalue weighted by Gasteiger charge is -2.05. The summed E-state index contributed by atoms with van der Waals surface area (Å²) < 4.78 is 0. The number of urea groups is 1. The van der Waals surface area contributed by atoms with E-state index >= 15 is 0 Å². The van der Waals surface area contributed by atoms with Crippen molar-refractivity contribution in [1.82, 2.24) is 26.0 Å². The van der Waals surface area contributed by atoms with Crippen LogP contribution in [0.1, 0.15) is 5.82 Å². The molecule has 0 saturated carbocycles. The highest BCUT2D eigenvalue weighted by Crippen LogP contribution is 1.84. The number of amides is 2. The Morgan fingerprint density at radius 1 is 1.56 bits per heavy atom. The quantitative estimate of drug-likeness (QED) is 0.447. The van der Waals surface area contributed by atoms with E-state index in [0.717, 1.165) is 0 Å². The number of carbonyl (C=O) groups excluding carboxylic acids is 1. The molecule has 0 aromatic carbocycles. The number of nitrogens with zero attached hydrogens (tertiary/aromatic N) is 2. The molecule has 0 aliphatic carbocycles. The van der Waals surface area contributed by atoms with Gasteiger partial charge in [-0.2, -0.15) is 5.10 Å². The van der Waals surface area contributed by atoms with E-state index in [4.69, 9.17) is 5.11 Å². The predicted octanol–water partition coefficient (Wildman–Crippen LogP) is -1.34. The van der Waals surface area contributed by atoms with Gasteiger partial charge in [-0.25, -0.2) is 20.1 Å². The monoisotopic (exact) mass is 229 g/mol. The number of carboxylic acid groups (broad SMARTS) is 1. The van der Waals surface area contributed by atoms with Gasteiger partial charge in [-0.3, -0.25) is 9.94 Å². The van der Waals surface area contributed by atoms with Gasteiger partial charge in [0, 0.05) is 13.0 Å². The Bertz CT molecular complexity index is 339. The normalized spacial score (nSPS) is 9.75. The Hall–Kier alpha value is -2.16. The molecule has 2 amide bonds. The van der Waals surface area contributed by atoms with Gasteiger partial charge in [-0.05, 0) is 0 Å². The second-order valence-corrected chi connectivity index (χ2v) is 2.72. The van der Waals surface area contributed by atoms with Crippen molar-refractivity contribution < 1.29 is 19.5 Å². The van der Waals surface area contributed by atoms with E-state index in [2.05, 4.69) is 25.3 Å². The second kappa shape index (κ2) is 6.35. The number of aromatic nitrogens is 3. The molecule has 0 aliphatic heterocycles. The highest BCUT2D eigenvalue weighted by atomic mass is 16.7. The molecule has 9 nitrogen and oxygen atoms in total. The zero-order chi connectivity index (χ0) is 11.8. The number of hydrogen-bond acceptors (Lipinski definition) is 5. The number of hydroxylamine groups is 1. The van der Waals surface area contributed by atoms with Crippen LogP contribution in [0.15, 0.2) is 6.33 Å². The molecule has 9 heteroatoms. The lowest BCUT2D eigenvalue weighted by Crippen LogP contribution is -2.37. The van der Waals surface area contributed by atoms with Gasteiger partial charge >= 0.3 is 12.0 Å². The zero-order valence-corrected chi connectivity index (χ0v) is 8.27.